The van der Waals surface area contributed by atoms with Crippen LogP contribution in [0.5, 0.6) is 0 Å². The lowest BCUT2D eigenvalue weighted by Gasteiger charge is -2.24. The van der Waals surface area contributed by atoms with Crippen LogP contribution in [-0.2, 0) is 0 Å². The Bertz CT molecular complexity index is 77.0. The maximum absolute atomic E-state index is 4.04. The molecule has 0 saturated heterocycles. The highest BCUT2D eigenvalue weighted by Crippen LogP contribution is 2.23. The molecule has 2 heteroatoms. The van der Waals surface area contributed by atoms with Gasteiger partial charge in [0.15, 0.2) is 0 Å². The highest BCUT2D eigenvalue weighted by atomic mass is 32.1. The molecular formula is C7H15NS. The third-order valence-corrected chi connectivity index (χ3v) is 2.56. The first-order chi connectivity index (χ1) is 4.33. The molecule has 0 amide bonds. The molecular weight excluding hydrogens is 130 g/mol. The summed E-state index contributed by atoms with van der Waals surface area (Å²) in [4.78, 5) is 0. The molecule has 1 rings (SSSR count). The summed E-state index contributed by atoms with van der Waals surface area (Å²) < 4.78 is 3.02. The summed E-state index contributed by atoms with van der Waals surface area (Å²) >= 11 is 4.04. The van der Waals surface area contributed by atoms with Gasteiger partial charge in [0.2, 0.25) is 0 Å². The summed E-state index contributed by atoms with van der Waals surface area (Å²) in [5, 5.41) is 0. The van der Waals surface area contributed by atoms with Gasteiger partial charge in [-0.25, -0.2) is 0 Å². The Balaban J connectivity index is 2.18. The van der Waals surface area contributed by atoms with Crippen molar-refractivity contribution in [3.63, 3.8) is 0 Å². The van der Waals surface area contributed by atoms with Crippen molar-refractivity contribution < 1.29 is 0 Å². The number of rotatable bonds is 1. The van der Waals surface area contributed by atoms with Gasteiger partial charge >= 0.3 is 0 Å². The molecule has 0 radical (unpaired) electrons. The lowest BCUT2D eigenvalue weighted by molar-refractivity contribution is 0.337. The van der Waals surface area contributed by atoms with Crippen LogP contribution in [0.1, 0.15) is 32.6 Å². The number of thiol groups is 1. The van der Waals surface area contributed by atoms with Gasteiger partial charge in [-0.2, -0.15) is 0 Å². The molecule has 1 saturated carbocycles. The van der Waals surface area contributed by atoms with E-state index in [1.807, 2.05) is 0 Å². The Labute approximate surface area is 62.8 Å². The van der Waals surface area contributed by atoms with Crippen LogP contribution in [-0.4, -0.2) is 6.04 Å². The van der Waals surface area contributed by atoms with Crippen molar-refractivity contribution in [3.8, 4) is 0 Å². The first-order valence-corrected chi connectivity index (χ1v) is 4.17. The van der Waals surface area contributed by atoms with Crippen molar-refractivity contribution in [2.75, 3.05) is 0 Å². The number of hydrogen-bond acceptors (Lipinski definition) is 2. The topological polar surface area (TPSA) is 12.0 Å². The molecule has 0 aromatic rings. The van der Waals surface area contributed by atoms with E-state index in [0.717, 1.165) is 5.92 Å². The zero-order chi connectivity index (χ0) is 6.69. The van der Waals surface area contributed by atoms with E-state index in [4.69, 9.17) is 0 Å². The van der Waals surface area contributed by atoms with E-state index in [-0.39, 0.29) is 0 Å². The second kappa shape index (κ2) is 3.47. The Morgan fingerprint density at radius 3 is 2.22 bits per heavy atom. The molecule has 1 N–H and O–H groups in total. The Morgan fingerprint density at radius 1 is 1.22 bits per heavy atom. The third-order valence-electron chi connectivity index (χ3n) is 2.20. The highest BCUT2D eigenvalue weighted by Gasteiger charge is 2.15. The highest BCUT2D eigenvalue weighted by molar-refractivity contribution is 7.78. The fourth-order valence-electron chi connectivity index (χ4n) is 1.39. The average Bonchev–Trinajstić information content (AvgIpc) is 1.90. The first kappa shape index (κ1) is 7.42. The molecule has 0 aromatic heterocycles. The van der Waals surface area contributed by atoms with Crippen LogP contribution in [0.15, 0.2) is 0 Å². The minimum absolute atomic E-state index is 0.685. The Kier molecular flexibility index (Phi) is 2.86. The maximum atomic E-state index is 4.04. The Hall–Kier alpha value is 0.310. The van der Waals surface area contributed by atoms with Gasteiger partial charge in [-0.3, -0.25) is 4.72 Å². The molecule has 0 heterocycles. The smallest absolute Gasteiger partial charge is 0.0169 e. The normalized spacial score (nSPS) is 36.7. The standard InChI is InChI=1S/C7H15NS/c1-6-2-4-7(8-9)5-3-6/h6-9H,2-5H2,1H3. The molecule has 1 fully saturated rings. The molecule has 1 nitrogen and oxygen atoms in total. The second-order valence-electron chi connectivity index (χ2n) is 3.09. The predicted molar refractivity (Wildman–Crippen MR) is 43.5 cm³/mol. The van der Waals surface area contributed by atoms with E-state index in [2.05, 4.69) is 24.5 Å². The third kappa shape index (κ3) is 2.18. The summed E-state index contributed by atoms with van der Waals surface area (Å²) in [6.07, 6.45) is 5.37. The number of nitrogens with one attached hydrogen (secondary N) is 1. The van der Waals surface area contributed by atoms with Crippen molar-refractivity contribution in [1.29, 1.82) is 0 Å². The predicted octanol–water partition coefficient (Wildman–Crippen LogP) is 2.00. The van der Waals surface area contributed by atoms with Gasteiger partial charge in [-0.05, 0) is 31.6 Å². The molecule has 0 bridgehead atoms. The fourth-order valence-corrected chi connectivity index (χ4v) is 1.65. The van der Waals surface area contributed by atoms with Crippen molar-refractivity contribution in [3.05, 3.63) is 0 Å². The number of hydrogen-bond donors (Lipinski definition) is 2. The van der Waals surface area contributed by atoms with E-state index in [1.54, 1.807) is 0 Å². The summed E-state index contributed by atoms with van der Waals surface area (Å²) in [6, 6.07) is 0.685. The monoisotopic (exact) mass is 145 g/mol. The van der Waals surface area contributed by atoms with Gasteiger partial charge in [0.05, 0.1) is 0 Å². The fraction of sp³-hybridized carbons (Fsp3) is 1.00. The molecule has 0 aliphatic heterocycles. The van der Waals surface area contributed by atoms with E-state index >= 15 is 0 Å². The lowest BCUT2D eigenvalue weighted by Crippen LogP contribution is -2.26. The summed E-state index contributed by atoms with van der Waals surface area (Å²) in [5.74, 6) is 0.947. The van der Waals surface area contributed by atoms with E-state index in [1.165, 1.54) is 25.7 Å². The minimum Gasteiger partial charge on any atom is -0.264 e. The van der Waals surface area contributed by atoms with Gasteiger partial charge in [-0.1, -0.05) is 19.7 Å². The van der Waals surface area contributed by atoms with Crippen molar-refractivity contribution in [2.45, 2.75) is 38.6 Å². The molecule has 0 spiro atoms. The van der Waals surface area contributed by atoms with Crippen molar-refractivity contribution in [2.24, 2.45) is 5.92 Å². The Morgan fingerprint density at radius 2 is 1.78 bits per heavy atom. The quantitative estimate of drug-likeness (QED) is 0.538. The molecule has 9 heavy (non-hydrogen) atoms. The van der Waals surface area contributed by atoms with Crippen LogP contribution in [0.4, 0.5) is 0 Å². The van der Waals surface area contributed by atoms with Gasteiger partial charge in [-0.15, -0.1) is 0 Å². The minimum atomic E-state index is 0.685. The van der Waals surface area contributed by atoms with E-state index in [0.29, 0.717) is 6.04 Å². The lowest BCUT2D eigenvalue weighted by atomic mass is 9.88. The van der Waals surface area contributed by atoms with Crippen LogP contribution < -0.4 is 4.72 Å². The van der Waals surface area contributed by atoms with Crippen molar-refractivity contribution in [1.82, 2.24) is 4.72 Å². The second-order valence-corrected chi connectivity index (χ2v) is 3.34. The maximum Gasteiger partial charge on any atom is 0.0169 e. The molecule has 0 atom stereocenters. The van der Waals surface area contributed by atoms with E-state index < -0.39 is 0 Å². The van der Waals surface area contributed by atoms with Gasteiger partial charge in [0, 0.05) is 6.04 Å². The van der Waals surface area contributed by atoms with Crippen LogP contribution in [0.2, 0.25) is 0 Å². The zero-order valence-corrected chi connectivity index (χ0v) is 6.82. The molecule has 0 unspecified atom stereocenters. The molecule has 54 valence electrons. The summed E-state index contributed by atoms with van der Waals surface area (Å²) in [5.41, 5.74) is 0. The first-order valence-electron chi connectivity index (χ1n) is 3.72. The van der Waals surface area contributed by atoms with Crippen molar-refractivity contribution >= 4 is 12.8 Å². The average molecular weight is 145 g/mol. The van der Waals surface area contributed by atoms with Crippen LogP contribution in [0.3, 0.4) is 0 Å². The zero-order valence-electron chi connectivity index (χ0n) is 5.93. The van der Waals surface area contributed by atoms with Crippen LogP contribution in [0, 0.1) is 5.92 Å². The molecule has 1 aliphatic rings. The summed E-state index contributed by atoms with van der Waals surface area (Å²) in [6.45, 7) is 2.33. The summed E-state index contributed by atoms with van der Waals surface area (Å²) in [7, 11) is 0. The largest absolute Gasteiger partial charge is 0.264 e. The molecule has 0 aromatic carbocycles. The van der Waals surface area contributed by atoms with Crippen LogP contribution >= 0.6 is 12.8 Å². The SMILES string of the molecule is CC1CCC(NS)CC1. The van der Waals surface area contributed by atoms with Gasteiger partial charge in [0.1, 0.15) is 0 Å². The van der Waals surface area contributed by atoms with Gasteiger partial charge < -0.3 is 0 Å². The van der Waals surface area contributed by atoms with Gasteiger partial charge in [0.25, 0.3) is 0 Å². The van der Waals surface area contributed by atoms with E-state index in [9.17, 15) is 0 Å². The molecule has 1 aliphatic carbocycles. The van der Waals surface area contributed by atoms with Crippen LogP contribution in [0.25, 0.3) is 0 Å².